The average Bonchev–Trinajstić information content (AvgIpc) is 2.69. The summed E-state index contributed by atoms with van der Waals surface area (Å²) in [6, 6.07) is 10.9. The molecule has 4 fully saturated rings. The Morgan fingerprint density at radius 2 is 1.82 bits per heavy atom. The molecule has 0 bridgehead atoms. The molecule has 154 valence electrons. The van der Waals surface area contributed by atoms with Gasteiger partial charge in [0.25, 0.3) is 0 Å². The maximum atomic E-state index is 13.1. The number of aliphatic hydroxyl groups is 1. The first-order chi connectivity index (χ1) is 13.2. The Kier molecular flexibility index (Phi) is 5.82. The zero-order chi connectivity index (χ0) is 18.4. The second kappa shape index (κ2) is 8.03. The molecule has 4 heterocycles. The van der Waals surface area contributed by atoms with Crippen LogP contribution in [0.25, 0.3) is 0 Å². The highest BCUT2D eigenvalue weighted by atomic mass is 79.9. The molecule has 4 atom stereocenters. The average molecular weight is 451 g/mol. The Labute approximate surface area is 178 Å². The fourth-order valence-corrected chi connectivity index (χ4v) is 6.14. The van der Waals surface area contributed by atoms with Crippen molar-refractivity contribution in [3.63, 3.8) is 0 Å². The van der Waals surface area contributed by atoms with E-state index in [1.807, 2.05) is 0 Å². The van der Waals surface area contributed by atoms with E-state index in [9.17, 15) is 9.90 Å². The molecule has 1 aromatic rings. The summed E-state index contributed by atoms with van der Waals surface area (Å²) >= 11 is 0. The van der Waals surface area contributed by atoms with Gasteiger partial charge in [-0.1, -0.05) is 30.3 Å². The van der Waals surface area contributed by atoms with Crippen LogP contribution in [0.3, 0.4) is 0 Å². The maximum absolute atomic E-state index is 13.1. The molecule has 0 saturated carbocycles. The Morgan fingerprint density at radius 3 is 2.61 bits per heavy atom. The van der Waals surface area contributed by atoms with Crippen molar-refractivity contribution >= 4 is 5.91 Å². The van der Waals surface area contributed by atoms with Crippen LogP contribution in [0.2, 0.25) is 0 Å². The number of piperazine rings is 2. The van der Waals surface area contributed by atoms with Crippen molar-refractivity contribution in [1.82, 2.24) is 14.7 Å². The number of halogens is 1. The molecule has 4 saturated heterocycles. The predicted molar refractivity (Wildman–Crippen MR) is 102 cm³/mol. The molecule has 6 nitrogen and oxygen atoms in total. The number of carbonyl (C=O) groups is 1. The molecule has 7 heteroatoms. The van der Waals surface area contributed by atoms with Gasteiger partial charge in [0.05, 0.1) is 25.6 Å². The molecule has 0 radical (unpaired) electrons. The lowest BCUT2D eigenvalue weighted by atomic mass is 9.91. The van der Waals surface area contributed by atoms with Crippen LogP contribution in [0.1, 0.15) is 18.4 Å². The standard InChI is InChI=1S/C21H31N4O2.BrH/c26-14-7-18-15-23-10-9-22-8-4-12-25(16-17-5-2-1-3-6-17)13-11-24(21(18)27)19(23)20(22)25;/h1-3,5-6,18-20,26H,4,7-16H2;1H/q+1;/p-1/t18-,19-,20+,25?;/m1./s1. The van der Waals surface area contributed by atoms with Crippen LogP contribution in [-0.2, 0) is 11.3 Å². The topological polar surface area (TPSA) is 47.0 Å². The van der Waals surface area contributed by atoms with Crippen LogP contribution in [0, 0.1) is 5.92 Å². The van der Waals surface area contributed by atoms with E-state index in [1.165, 1.54) is 18.5 Å². The predicted octanol–water partition coefficient (Wildman–Crippen LogP) is -2.46. The largest absolute Gasteiger partial charge is 1.00 e. The zero-order valence-electron chi connectivity index (χ0n) is 16.4. The molecule has 0 spiro atoms. The van der Waals surface area contributed by atoms with Crippen LogP contribution >= 0.6 is 0 Å². The molecular formula is C21H31BrN4O2. The normalized spacial score (nSPS) is 35.2. The first-order valence-electron chi connectivity index (χ1n) is 10.5. The van der Waals surface area contributed by atoms with Crippen LogP contribution in [-0.4, -0.2) is 94.9 Å². The minimum absolute atomic E-state index is 0. The van der Waals surface area contributed by atoms with Crippen LogP contribution < -0.4 is 17.0 Å². The first kappa shape index (κ1) is 20.3. The lowest BCUT2D eigenvalue weighted by Gasteiger charge is -2.65. The molecule has 5 rings (SSSR count). The van der Waals surface area contributed by atoms with Gasteiger partial charge in [-0.3, -0.25) is 9.69 Å². The number of hydrogen-bond donors (Lipinski definition) is 1. The third-order valence-electron chi connectivity index (χ3n) is 7.31. The van der Waals surface area contributed by atoms with E-state index >= 15 is 0 Å². The molecule has 28 heavy (non-hydrogen) atoms. The fraction of sp³-hybridized carbons (Fsp3) is 0.667. The van der Waals surface area contributed by atoms with Gasteiger partial charge in [-0.25, -0.2) is 4.90 Å². The minimum atomic E-state index is -0.0319. The molecule has 1 amide bonds. The number of rotatable bonds is 4. The minimum Gasteiger partial charge on any atom is -1.00 e. The van der Waals surface area contributed by atoms with E-state index in [2.05, 4.69) is 45.0 Å². The lowest BCUT2D eigenvalue weighted by molar-refractivity contribution is -0.989. The summed E-state index contributed by atoms with van der Waals surface area (Å²) in [7, 11) is 0. The highest BCUT2D eigenvalue weighted by molar-refractivity contribution is 5.80. The Morgan fingerprint density at radius 1 is 1.04 bits per heavy atom. The number of carbonyl (C=O) groups excluding carboxylic acids is 1. The smallest absolute Gasteiger partial charge is 0.228 e. The Hall–Kier alpha value is -0.990. The number of benzene rings is 1. The Bertz CT molecular complexity index is 705. The van der Waals surface area contributed by atoms with Gasteiger partial charge in [0, 0.05) is 44.8 Å². The molecule has 0 aliphatic carbocycles. The molecule has 1 N–H and O–H groups in total. The number of hydrogen-bond acceptors (Lipinski definition) is 4. The van der Waals surface area contributed by atoms with Crippen LogP contribution in [0.4, 0.5) is 0 Å². The molecule has 4 aliphatic rings. The van der Waals surface area contributed by atoms with E-state index in [1.54, 1.807) is 0 Å². The Balaban J connectivity index is 0.00000192. The highest BCUT2D eigenvalue weighted by Gasteiger charge is 2.60. The van der Waals surface area contributed by atoms with E-state index < -0.39 is 0 Å². The van der Waals surface area contributed by atoms with E-state index in [-0.39, 0.29) is 41.6 Å². The quantitative estimate of drug-likeness (QED) is 0.516. The maximum Gasteiger partial charge on any atom is 0.228 e. The van der Waals surface area contributed by atoms with Gasteiger partial charge in [-0.2, -0.15) is 0 Å². The van der Waals surface area contributed by atoms with E-state index in [4.69, 9.17) is 0 Å². The summed E-state index contributed by atoms with van der Waals surface area (Å²) in [6.45, 7) is 8.38. The van der Waals surface area contributed by atoms with Gasteiger partial charge in [0.15, 0.2) is 12.3 Å². The number of nitrogens with zero attached hydrogens (tertiary/aromatic N) is 4. The van der Waals surface area contributed by atoms with Gasteiger partial charge in [0.2, 0.25) is 5.91 Å². The highest BCUT2D eigenvalue weighted by Crippen LogP contribution is 2.40. The summed E-state index contributed by atoms with van der Waals surface area (Å²) in [4.78, 5) is 20.5. The van der Waals surface area contributed by atoms with Crippen LogP contribution in [0.15, 0.2) is 30.3 Å². The monoisotopic (exact) mass is 450 g/mol. The summed E-state index contributed by atoms with van der Waals surface area (Å²) in [5.41, 5.74) is 1.41. The summed E-state index contributed by atoms with van der Waals surface area (Å²) in [5.74, 6) is 0.241. The number of aliphatic hydroxyl groups excluding tert-OH is 1. The fourth-order valence-electron chi connectivity index (χ4n) is 6.14. The van der Waals surface area contributed by atoms with Crippen molar-refractivity contribution in [2.24, 2.45) is 5.92 Å². The molecule has 4 aliphatic heterocycles. The molecular weight excluding hydrogens is 420 g/mol. The third kappa shape index (κ3) is 3.21. The summed E-state index contributed by atoms with van der Waals surface area (Å²) < 4.78 is 1.10. The summed E-state index contributed by atoms with van der Waals surface area (Å²) in [5, 5.41) is 9.39. The van der Waals surface area contributed by atoms with Gasteiger partial charge < -0.3 is 31.5 Å². The second-order valence-corrected chi connectivity index (χ2v) is 8.76. The van der Waals surface area contributed by atoms with Gasteiger partial charge >= 0.3 is 0 Å². The zero-order valence-corrected chi connectivity index (χ0v) is 18.0. The lowest BCUT2D eigenvalue weighted by Crippen LogP contribution is -3.00. The van der Waals surface area contributed by atoms with Gasteiger partial charge in [0.1, 0.15) is 6.54 Å². The van der Waals surface area contributed by atoms with Crippen LogP contribution in [0.5, 0.6) is 0 Å². The van der Waals surface area contributed by atoms with E-state index in [0.29, 0.717) is 12.6 Å². The van der Waals surface area contributed by atoms with Gasteiger partial charge in [-0.15, -0.1) is 0 Å². The molecule has 0 aromatic heterocycles. The number of amides is 1. The SMILES string of the molecule is O=C1[C@H](CCO)CN2CCN3CCC[N+]4(Cc5ccccc5)CCN1[C@@H]2[C@@H]34.[Br-]. The van der Waals surface area contributed by atoms with Crippen molar-refractivity contribution in [1.29, 1.82) is 0 Å². The van der Waals surface area contributed by atoms with Crippen molar-refractivity contribution in [3.05, 3.63) is 35.9 Å². The van der Waals surface area contributed by atoms with E-state index in [0.717, 1.165) is 50.3 Å². The molecule has 1 aromatic carbocycles. The second-order valence-electron chi connectivity index (χ2n) is 8.76. The van der Waals surface area contributed by atoms with Crippen molar-refractivity contribution in [3.8, 4) is 0 Å². The van der Waals surface area contributed by atoms with Crippen molar-refractivity contribution in [2.75, 3.05) is 52.4 Å². The third-order valence-corrected chi connectivity index (χ3v) is 7.31. The molecule has 1 unspecified atom stereocenters. The summed E-state index contributed by atoms with van der Waals surface area (Å²) in [6.07, 6.45) is 2.44. The van der Waals surface area contributed by atoms with Gasteiger partial charge in [-0.05, 0) is 6.42 Å². The first-order valence-corrected chi connectivity index (χ1v) is 10.5. The number of quaternary nitrogens is 1. The van der Waals surface area contributed by atoms with Crippen molar-refractivity contribution in [2.45, 2.75) is 31.7 Å². The van der Waals surface area contributed by atoms with Crippen molar-refractivity contribution < 1.29 is 31.4 Å².